The lowest BCUT2D eigenvalue weighted by Gasteiger charge is -2.37. The molecule has 1 aromatic heterocycles. The number of hydrogen-bond acceptors (Lipinski definition) is 4. The van der Waals surface area contributed by atoms with Gasteiger partial charge in [-0.05, 0) is 31.4 Å². The molecule has 1 aromatic rings. The van der Waals surface area contributed by atoms with Crippen LogP contribution in [0.3, 0.4) is 0 Å². The summed E-state index contributed by atoms with van der Waals surface area (Å²) in [5.41, 5.74) is 5.64. The number of aryl methyl sites for hydroxylation is 1. The third-order valence-electron chi connectivity index (χ3n) is 3.76. The molecule has 0 aliphatic heterocycles. The zero-order valence-corrected chi connectivity index (χ0v) is 10.8. The van der Waals surface area contributed by atoms with Gasteiger partial charge in [0.05, 0.1) is 11.0 Å². The van der Waals surface area contributed by atoms with Gasteiger partial charge in [-0.2, -0.15) is 0 Å². The number of nitrogens with one attached hydrogen (secondary N) is 1. The number of aromatic nitrogens is 1. The first kappa shape index (κ1) is 13.3. The maximum Gasteiger partial charge on any atom is 0.311 e. The molecule has 0 spiro atoms. The Kier molecular flexibility index (Phi) is 3.42. The molecule has 0 unspecified atom stereocenters. The van der Waals surface area contributed by atoms with Crippen molar-refractivity contribution in [3.63, 3.8) is 0 Å². The van der Waals surface area contributed by atoms with E-state index in [1.807, 2.05) is 0 Å². The molecule has 0 radical (unpaired) electrons. The number of pyridine rings is 1. The van der Waals surface area contributed by atoms with E-state index < -0.39 is 17.3 Å². The summed E-state index contributed by atoms with van der Waals surface area (Å²) in [7, 11) is 0. The Hall–Kier alpha value is -2.11. The number of aliphatic carboxylic acids is 1. The number of rotatable bonds is 5. The number of primary amides is 1. The Morgan fingerprint density at radius 2 is 2.21 bits per heavy atom. The summed E-state index contributed by atoms with van der Waals surface area (Å²) < 4.78 is 0. The minimum Gasteiger partial charge on any atom is -0.481 e. The van der Waals surface area contributed by atoms with E-state index >= 15 is 0 Å². The summed E-state index contributed by atoms with van der Waals surface area (Å²) in [4.78, 5) is 26.7. The molecule has 2 rings (SSSR count). The molecular weight excluding hydrogens is 246 g/mol. The first-order chi connectivity index (χ1) is 8.96. The Morgan fingerprint density at radius 1 is 1.53 bits per heavy atom. The van der Waals surface area contributed by atoms with E-state index in [4.69, 9.17) is 5.73 Å². The van der Waals surface area contributed by atoms with Gasteiger partial charge >= 0.3 is 5.97 Å². The molecule has 1 heterocycles. The molecule has 19 heavy (non-hydrogen) atoms. The van der Waals surface area contributed by atoms with Gasteiger partial charge in [0.1, 0.15) is 5.82 Å². The third-order valence-corrected chi connectivity index (χ3v) is 3.76. The molecule has 1 amide bonds. The van der Waals surface area contributed by atoms with Gasteiger partial charge in [0.25, 0.3) is 5.91 Å². The summed E-state index contributed by atoms with van der Waals surface area (Å²) in [6, 6.07) is 1.70. The summed E-state index contributed by atoms with van der Waals surface area (Å²) in [6.45, 7) is 2.03. The fourth-order valence-corrected chi connectivity index (χ4v) is 2.33. The first-order valence-corrected chi connectivity index (χ1v) is 6.19. The molecule has 1 saturated carbocycles. The molecule has 6 heteroatoms. The zero-order valence-electron chi connectivity index (χ0n) is 10.8. The largest absolute Gasteiger partial charge is 0.481 e. The minimum atomic E-state index is -0.806. The zero-order chi connectivity index (χ0) is 14.0. The second-order valence-electron chi connectivity index (χ2n) is 5.01. The molecule has 1 fully saturated rings. The average molecular weight is 263 g/mol. The van der Waals surface area contributed by atoms with Gasteiger partial charge < -0.3 is 16.2 Å². The van der Waals surface area contributed by atoms with Crippen LogP contribution in [0.15, 0.2) is 12.3 Å². The molecule has 0 bridgehead atoms. The van der Waals surface area contributed by atoms with Crippen molar-refractivity contribution >= 4 is 17.7 Å². The third kappa shape index (κ3) is 2.38. The van der Waals surface area contributed by atoms with Crippen LogP contribution in [0.2, 0.25) is 0 Å². The Bertz CT molecular complexity index is 524. The number of carbonyl (C=O) groups is 2. The summed E-state index contributed by atoms with van der Waals surface area (Å²) in [5, 5.41) is 12.2. The van der Waals surface area contributed by atoms with Gasteiger partial charge in [-0.25, -0.2) is 4.98 Å². The van der Waals surface area contributed by atoms with E-state index in [-0.39, 0.29) is 6.54 Å². The fourth-order valence-electron chi connectivity index (χ4n) is 2.33. The average Bonchev–Trinajstić information content (AvgIpc) is 2.26. The van der Waals surface area contributed by atoms with Crippen molar-refractivity contribution in [1.29, 1.82) is 0 Å². The van der Waals surface area contributed by atoms with Gasteiger partial charge in [-0.1, -0.05) is 6.42 Å². The second kappa shape index (κ2) is 4.87. The number of carboxylic acid groups (broad SMARTS) is 1. The van der Waals surface area contributed by atoms with Crippen LogP contribution in [0.1, 0.15) is 35.2 Å². The topological polar surface area (TPSA) is 105 Å². The number of hydrogen-bond donors (Lipinski definition) is 3. The van der Waals surface area contributed by atoms with Crippen molar-refractivity contribution in [2.45, 2.75) is 26.2 Å². The van der Waals surface area contributed by atoms with Gasteiger partial charge in [0, 0.05) is 12.7 Å². The maximum atomic E-state index is 11.4. The SMILES string of the molecule is Cc1ccnc(NCC2(C(=O)O)CCC2)c1C(N)=O. The lowest BCUT2D eigenvalue weighted by Crippen LogP contribution is -2.44. The van der Waals surface area contributed by atoms with E-state index in [0.717, 1.165) is 12.0 Å². The number of anilines is 1. The standard InChI is InChI=1S/C13H17N3O3/c1-8-3-6-15-11(9(8)10(14)17)16-7-13(12(18)19)4-2-5-13/h3,6H,2,4-5,7H2,1H3,(H2,14,17)(H,15,16)(H,18,19). The van der Waals surface area contributed by atoms with Crippen molar-refractivity contribution in [3.8, 4) is 0 Å². The monoisotopic (exact) mass is 263 g/mol. The van der Waals surface area contributed by atoms with Crippen LogP contribution >= 0.6 is 0 Å². The highest BCUT2D eigenvalue weighted by atomic mass is 16.4. The highest BCUT2D eigenvalue weighted by Crippen LogP contribution is 2.41. The van der Waals surface area contributed by atoms with E-state index in [0.29, 0.717) is 24.2 Å². The predicted molar refractivity (Wildman–Crippen MR) is 69.9 cm³/mol. The van der Waals surface area contributed by atoms with Gasteiger partial charge in [0.15, 0.2) is 0 Å². The maximum absolute atomic E-state index is 11.4. The van der Waals surface area contributed by atoms with E-state index in [1.165, 1.54) is 0 Å². The molecule has 102 valence electrons. The lowest BCUT2D eigenvalue weighted by atomic mass is 9.69. The smallest absolute Gasteiger partial charge is 0.311 e. The molecule has 1 aliphatic carbocycles. The number of amides is 1. The quantitative estimate of drug-likeness (QED) is 0.739. The van der Waals surface area contributed by atoms with Crippen molar-refractivity contribution in [1.82, 2.24) is 4.98 Å². The van der Waals surface area contributed by atoms with Crippen LogP contribution in [-0.2, 0) is 4.79 Å². The molecule has 0 aromatic carbocycles. The highest BCUT2D eigenvalue weighted by molar-refractivity contribution is 5.99. The van der Waals surface area contributed by atoms with Crippen LogP contribution in [0.4, 0.5) is 5.82 Å². The second-order valence-corrected chi connectivity index (χ2v) is 5.01. The summed E-state index contributed by atoms with van der Waals surface area (Å²) >= 11 is 0. The van der Waals surface area contributed by atoms with Crippen molar-refractivity contribution < 1.29 is 14.7 Å². The van der Waals surface area contributed by atoms with Gasteiger partial charge in [0.2, 0.25) is 0 Å². The number of nitrogens with zero attached hydrogens (tertiary/aromatic N) is 1. The van der Waals surface area contributed by atoms with Crippen LogP contribution in [0.5, 0.6) is 0 Å². The van der Waals surface area contributed by atoms with Gasteiger partial charge in [-0.3, -0.25) is 9.59 Å². The van der Waals surface area contributed by atoms with Crippen LogP contribution < -0.4 is 11.1 Å². The Morgan fingerprint density at radius 3 is 2.68 bits per heavy atom. The number of carboxylic acids is 1. The molecule has 6 nitrogen and oxygen atoms in total. The first-order valence-electron chi connectivity index (χ1n) is 6.19. The van der Waals surface area contributed by atoms with E-state index in [2.05, 4.69) is 10.3 Å². The van der Waals surface area contributed by atoms with Crippen molar-refractivity contribution in [3.05, 3.63) is 23.4 Å². The Balaban J connectivity index is 2.18. The van der Waals surface area contributed by atoms with Crippen LogP contribution in [0, 0.1) is 12.3 Å². The Labute approximate surface area is 111 Å². The van der Waals surface area contributed by atoms with Crippen molar-refractivity contribution in [2.75, 3.05) is 11.9 Å². The molecule has 4 N–H and O–H groups in total. The van der Waals surface area contributed by atoms with Crippen LogP contribution in [0.25, 0.3) is 0 Å². The molecule has 0 saturated heterocycles. The van der Waals surface area contributed by atoms with Gasteiger partial charge in [-0.15, -0.1) is 0 Å². The normalized spacial score (nSPS) is 16.5. The molecule has 0 atom stereocenters. The van der Waals surface area contributed by atoms with Crippen molar-refractivity contribution in [2.24, 2.45) is 11.1 Å². The number of nitrogens with two attached hydrogens (primary N) is 1. The minimum absolute atomic E-state index is 0.263. The predicted octanol–water partition coefficient (Wildman–Crippen LogP) is 1.16. The van der Waals surface area contributed by atoms with E-state index in [9.17, 15) is 14.7 Å². The summed E-state index contributed by atoms with van der Waals surface area (Å²) in [6.07, 6.45) is 3.77. The number of carbonyl (C=O) groups excluding carboxylic acids is 1. The van der Waals surface area contributed by atoms with E-state index in [1.54, 1.807) is 19.2 Å². The fraction of sp³-hybridized carbons (Fsp3) is 0.462. The van der Waals surface area contributed by atoms with Crippen LogP contribution in [-0.4, -0.2) is 28.5 Å². The highest BCUT2D eigenvalue weighted by Gasteiger charge is 2.44. The lowest BCUT2D eigenvalue weighted by molar-refractivity contribution is -0.153. The molecule has 1 aliphatic rings. The molecular formula is C13H17N3O3. The summed E-state index contributed by atoms with van der Waals surface area (Å²) in [5.74, 6) is -1.01.